The van der Waals surface area contributed by atoms with Crippen molar-refractivity contribution in [2.24, 2.45) is 0 Å². The van der Waals surface area contributed by atoms with Gasteiger partial charge in [0.05, 0.1) is 0 Å². The maximum atomic E-state index is 14.9. The fourth-order valence-electron chi connectivity index (χ4n) is 2.44. The molecule has 0 bridgehead atoms. The van der Waals surface area contributed by atoms with E-state index in [1.165, 1.54) is 0 Å². The number of aromatic nitrogens is 1. The summed E-state index contributed by atoms with van der Waals surface area (Å²) in [5, 5.41) is 3.21. The predicted octanol–water partition coefficient (Wildman–Crippen LogP) is 1.91. The van der Waals surface area contributed by atoms with E-state index < -0.39 is 5.67 Å². The van der Waals surface area contributed by atoms with Crippen molar-refractivity contribution in [2.45, 2.75) is 31.9 Å². The number of aryl methyl sites for hydroxylation is 1. The van der Waals surface area contributed by atoms with Crippen LogP contribution in [-0.2, 0) is 5.67 Å². The third-order valence-corrected chi connectivity index (χ3v) is 3.26. The highest BCUT2D eigenvalue weighted by atomic mass is 19.1. The first-order valence-electron chi connectivity index (χ1n) is 5.75. The van der Waals surface area contributed by atoms with Crippen molar-refractivity contribution in [3.05, 3.63) is 23.4 Å². The van der Waals surface area contributed by atoms with Crippen molar-refractivity contribution in [1.82, 2.24) is 10.3 Å². The third-order valence-electron chi connectivity index (χ3n) is 3.26. The summed E-state index contributed by atoms with van der Waals surface area (Å²) in [6.45, 7) is 3.47. The van der Waals surface area contributed by atoms with Crippen LogP contribution in [0, 0.1) is 6.92 Å². The van der Waals surface area contributed by atoms with E-state index >= 15 is 0 Å². The Bertz CT molecular complexity index is 350. The normalized spacial score (nSPS) is 26.4. The summed E-state index contributed by atoms with van der Waals surface area (Å²) < 4.78 is 14.9. The Labute approximate surface area is 95.3 Å². The lowest BCUT2D eigenvalue weighted by Crippen LogP contribution is -2.25. The van der Waals surface area contributed by atoms with Crippen LogP contribution in [0.5, 0.6) is 0 Å². The molecule has 1 fully saturated rings. The second kappa shape index (κ2) is 4.37. The van der Waals surface area contributed by atoms with Gasteiger partial charge in [0.25, 0.3) is 0 Å². The molecule has 1 aromatic rings. The molecule has 0 aromatic carbocycles. The Morgan fingerprint density at radius 3 is 3.00 bits per heavy atom. The van der Waals surface area contributed by atoms with Crippen LogP contribution >= 0.6 is 0 Å². The zero-order chi connectivity index (χ0) is 11.6. The number of nitrogens with two attached hydrogens (primary N) is 1. The molecule has 2 heterocycles. The molecule has 1 aromatic heterocycles. The van der Waals surface area contributed by atoms with E-state index in [1.54, 1.807) is 6.20 Å². The number of alkyl halides is 1. The van der Waals surface area contributed by atoms with Crippen LogP contribution in [0.15, 0.2) is 12.3 Å². The third kappa shape index (κ3) is 2.02. The second-order valence-corrected chi connectivity index (χ2v) is 4.46. The standard InChI is InChI=1S/C12H18FN3/c1-9-3-7-16-11(14)10(9)12(13)4-2-6-15-8-5-12/h3,7,15H,2,4-6,8H2,1H3,(H2,14,16). The van der Waals surface area contributed by atoms with Gasteiger partial charge >= 0.3 is 0 Å². The summed E-state index contributed by atoms with van der Waals surface area (Å²) in [5.41, 5.74) is 6.00. The minimum absolute atomic E-state index is 0.337. The molecule has 1 saturated heterocycles. The van der Waals surface area contributed by atoms with E-state index in [0.717, 1.165) is 18.5 Å². The number of nitrogens with one attached hydrogen (secondary N) is 1. The van der Waals surface area contributed by atoms with Crippen LogP contribution in [0.4, 0.5) is 10.2 Å². The number of halogens is 1. The zero-order valence-corrected chi connectivity index (χ0v) is 9.59. The van der Waals surface area contributed by atoms with Gasteiger partial charge in [0, 0.05) is 11.8 Å². The van der Waals surface area contributed by atoms with Crippen molar-refractivity contribution in [3.8, 4) is 0 Å². The van der Waals surface area contributed by atoms with E-state index in [4.69, 9.17) is 5.73 Å². The van der Waals surface area contributed by atoms with Crippen molar-refractivity contribution in [3.63, 3.8) is 0 Å². The largest absolute Gasteiger partial charge is 0.383 e. The second-order valence-electron chi connectivity index (χ2n) is 4.46. The molecule has 0 amide bonds. The summed E-state index contributed by atoms with van der Waals surface area (Å²) in [6.07, 6.45) is 3.47. The van der Waals surface area contributed by atoms with Gasteiger partial charge in [0.15, 0.2) is 0 Å². The van der Waals surface area contributed by atoms with Crippen molar-refractivity contribution >= 4 is 5.82 Å². The Hall–Kier alpha value is -1.16. The highest BCUT2D eigenvalue weighted by Crippen LogP contribution is 2.39. The van der Waals surface area contributed by atoms with Crippen LogP contribution in [-0.4, -0.2) is 18.1 Å². The summed E-state index contributed by atoms with van der Waals surface area (Å²) in [5.74, 6) is 0.337. The lowest BCUT2D eigenvalue weighted by molar-refractivity contribution is 0.144. The van der Waals surface area contributed by atoms with Gasteiger partial charge in [-0.2, -0.15) is 0 Å². The first kappa shape index (κ1) is 11.3. The van der Waals surface area contributed by atoms with Gasteiger partial charge in [-0.15, -0.1) is 0 Å². The fourth-order valence-corrected chi connectivity index (χ4v) is 2.44. The molecule has 88 valence electrons. The number of nitrogen functional groups attached to an aromatic ring is 1. The molecule has 0 saturated carbocycles. The molecule has 1 aliphatic heterocycles. The minimum atomic E-state index is -1.31. The van der Waals surface area contributed by atoms with Gasteiger partial charge < -0.3 is 11.1 Å². The van der Waals surface area contributed by atoms with E-state index in [-0.39, 0.29) is 0 Å². The molecule has 3 nitrogen and oxygen atoms in total. The van der Waals surface area contributed by atoms with Gasteiger partial charge in [0.2, 0.25) is 0 Å². The quantitative estimate of drug-likeness (QED) is 0.764. The van der Waals surface area contributed by atoms with Crippen LogP contribution in [0.25, 0.3) is 0 Å². The van der Waals surface area contributed by atoms with Crippen LogP contribution < -0.4 is 11.1 Å². The molecule has 1 aliphatic rings. The molecule has 0 aliphatic carbocycles. The molecule has 0 spiro atoms. The SMILES string of the molecule is Cc1ccnc(N)c1C1(F)CCCNCC1. The molecular formula is C12H18FN3. The van der Waals surface area contributed by atoms with E-state index in [2.05, 4.69) is 10.3 Å². The summed E-state index contributed by atoms with van der Waals surface area (Å²) in [7, 11) is 0. The lowest BCUT2D eigenvalue weighted by atomic mass is 9.86. The lowest BCUT2D eigenvalue weighted by Gasteiger charge is -2.26. The number of rotatable bonds is 1. The van der Waals surface area contributed by atoms with Crippen LogP contribution in [0.3, 0.4) is 0 Å². The Morgan fingerprint density at radius 2 is 2.25 bits per heavy atom. The minimum Gasteiger partial charge on any atom is -0.383 e. The molecule has 2 rings (SSSR count). The zero-order valence-electron chi connectivity index (χ0n) is 9.59. The maximum Gasteiger partial charge on any atom is 0.141 e. The highest BCUT2D eigenvalue weighted by Gasteiger charge is 2.35. The van der Waals surface area contributed by atoms with E-state index in [0.29, 0.717) is 30.8 Å². The smallest absolute Gasteiger partial charge is 0.141 e. The van der Waals surface area contributed by atoms with Crippen molar-refractivity contribution in [2.75, 3.05) is 18.8 Å². The topological polar surface area (TPSA) is 50.9 Å². The van der Waals surface area contributed by atoms with Gasteiger partial charge in [-0.05, 0) is 50.9 Å². The van der Waals surface area contributed by atoms with E-state index in [9.17, 15) is 4.39 Å². The van der Waals surface area contributed by atoms with Crippen molar-refractivity contribution < 1.29 is 4.39 Å². The van der Waals surface area contributed by atoms with Gasteiger partial charge in [-0.25, -0.2) is 9.37 Å². The average molecular weight is 223 g/mol. The van der Waals surface area contributed by atoms with E-state index in [1.807, 2.05) is 13.0 Å². The number of pyridine rings is 1. The fraction of sp³-hybridized carbons (Fsp3) is 0.583. The summed E-state index contributed by atoms with van der Waals surface area (Å²) >= 11 is 0. The molecule has 3 N–H and O–H groups in total. The Balaban J connectivity index is 2.40. The molecular weight excluding hydrogens is 205 g/mol. The summed E-state index contributed by atoms with van der Waals surface area (Å²) in [6, 6.07) is 1.82. The number of hydrogen-bond donors (Lipinski definition) is 2. The molecule has 0 radical (unpaired) electrons. The Kier molecular flexibility index (Phi) is 3.10. The van der Waals surface area contributed by atoms with Gasteiger partial charge in [-0.3, -0.25) is 0 Å². The highest BCUT2D eigenvalue weighted by molar-refractivity contribution is 5.48. The molecule has 16 heavy (non-hydrogen) atoms. The van der Waals surface area contributed by atoms with Crippen LogP contribution in [0.2, 0.25) is 0 Å². The Morgan fingerprint density at radius 1 is 1.44 bits per heavy atom. The molecule has 1 atom stereocenters. The van der Waals surface area contributed by atoms with Crippen LogP contribution in [0.1, 0.15) is 30.4 Å². The molecule has 4 heteroatoms. The van der Waals surface area contributed by atoms with Gasteiger partial charge in [-0.1, -0.05) is 0 Å². The number of nitrogens with zero attached hydrogens (tertiary/aromatic N) is 1. The molecule has 1 unspecified atom stereocenters. The monoisotopic (exact) mass is 223 g/mol. The number of hydrogen-bond acceptors (Lipinski definition) is 3. The first-order chi connectivity index (χ1) is 7.63. The maximum absolute atomic E-state index is 14.9. The number of anilines is 1. The summed E-state index contributed by atoms with van der Waals surface area (Å²) in [4.78, 5) is 4.01. The van der Waals surface area contributed by atoms with Crippen molar-refractivity contribution in [1.29, 1.82) is 0 Å². The predicted molar refractivity (Wildman–Crippen MR) is 62.9 cm³/mol. The van der Waals surface area contributed by atoms with Gasteiger partial charge in [0.1, 0.15) is 11.5 Å². The first-order valence-corrected chi connectivity index (χ1v) is 5.75. The average Bonchev–Trinajstić information content (AvgIpc) is 2.43.